The Bertz CT molecular complexity index is 118. The first-order valence-corrected chi connectivity index (χ1v) is 7.93. The predicted molar refractivity (Wildman–Crippen MR) is 81.9 cm³/mol. The molecule has 1 saturated heterocycles. The Morgan fingerprint density at radius 3 is 1.00 bits per heavy atom. The van der Waals surface area contributed by atoms with Crippen LogP contribution in [0.4, 0.5) is 0 Å². The van der Waals surface area contributed by atoms with Crippen LogP contribution in [0, 0.1) is 0 Å². The van der Waals surface area contributed by atoms with Gasteiger partial charge in [0.1, 0.15) is 0 Å². The van der Waals surface area contributed by atoms with E-state index in [0.29, 0.717) is 39.6 Å². The topological polar surface area (TPSA) is 73.0 Å². The third-order valence-corrected chi connectivity index (χ3v) is 2.92. The van der Waals surface area contributed by atoms with Gasteiger partial charge in [-0.05, 0) is 0 Å². The van der Waals surface area contributed by atoms with Gasteiger partial charge in [-0.3, -0.25) is 0 Å². The van der Waals surface area contributed by atoms with Crippen molar-refractivity contribution in [2.24, 2.45) is 0 Å². The molecule has 7 heteroatoms. The molecule has 21 heavy (non-hydrogen) atoms. The summed E-state index contributed by atoms with van der Waals surface area (Å²) in [6, 6.07) is 0. The molecule has 0 aromatic heterocycles. The normalized spacial score (nSPS) is 24.0. The lowest BCUT2D eigenvalue weighted by Crippen LogP contribution is -2.34. The Kier molecular flexibility index (Phi) is 14.4. The zero-order valence-corrected chi connectivity index (χ0v) is 13.0. The fraction of sp³-hybridized carbons (Fsp3) is 1.00. The molecule has 1 aliphatic heterocycles. The van der Waals surface area contributed by atoms with E-state index < -0.39 is 0 Å². The highest BCUT2D eigenvalue weighted by atomic mass is 16.6. The minimum Gasteiger partial charge on any atom is -0.378 e. The maximum Gasteiger partial charge on any atom is 0.0701 e. The molecule has 0 spiro atoms. The van der Waals surface area contributed by atoms with Crippen molar-refractivity contribution in [2.45, 2.75) is 0 Å². The highest BCUT2D eigenvalue weighted by molar-refractivity contribution is 4.54. The average Bonchev–Trinajstić information content (AvgIpc) is 2.50. The smallest absolute Gasteiger partial charge is 0.0701 e. The van der Waals surface area contributed by atoms with Gasteiger partial charge in [0, 0.05) is 39.3 Å². The van der Waals surface area contributed by atoms with Crippen LogP contribution in [0.25, 0.3) is 0 Å². The Morgan fingerprint density at radius 1 is 0.333 bits per heavy atom. The van der Waals surface area contributed by atoms with Crippen LogP contribution in [0.2, 0.25) is 0 Å². The van der Waals surface area contributed by atoms with E-state index in [9.17, 15) is 0 Å². The van der Waals surface area contributed by atoms with Crippen molar-refractivity contribution in [1.29, 1.82) is 0 Å². The summed E-state index contributed by atoms with van der Waals surface area (Å²) in [5.74, 6) is 0. The van der Waals surface area contributed by atoms with E-state index >= 15 is 0 Å². The van der Waals surface area contributed by atoms with E-state index in [1.54, 1.807) is 0 Å². The van der Waals surface area contributed by atoms with Crippen LogP contribution in [0.5, 0.6) is 0 Å². The molecular weight excluding hydrogens is 274 g/mol. The highest BCUT2D eigenvalue weighted by Crippen LogP contribution is 1.82. The van der Waals surface area contributed by atoms with Crippen molar-refractivity contribution in [2.75, 3.05) is 92.1 Å². The number of hydrogen-bond donors (Lipinski definition) is 3. The quantitative estimate of drug-likeness (QED) is 0.521. The lowest BCUT2D eigenvalue weighted by molar-refractivity contribution is -0.00101. The summed E-state index contributed by atoms with van der Waals surface area (Å²) in [5.41, 5.74) is 0. The van der Waals surface area contributed by atoms with Crippen LogP contribution >= 0.6 is 0 Å². The molecule has 1 heterocycles. The van der Waals surface area contributed by atoms with Crippen LogP contribution in [-0.4, -0.2) is 92.1 Å². The van der Waals surface area contributed by atoms with Crippen molar-refractivity contribution in [3.8, 4) is 0 Å². The summed E-state index contributed by atoms with van der Waals surface area (Å²) in [7, 11) is 0. The van der Waals surface area contributed by atoms with E-state index in [2.05, 4.69) is 16.0 Å². The summed E-state index contributed by atoms with van der Waals surface area (Å²) in [6.45, 7) is 10.8. The molecule has 0 aromatic rings. The number of rotatable bonds is 0. The van der Waals surface area contributed by atoms with Crippen molar-refractivity contribution >= 4 is 0 Å². The lowest BCUT2D eigenvalue weighted by atomic mass is 10.5. The standard InChI is InChI=1S/C14H31N3O4/c1-3-16-5-7-18-9-11-20-13-14-21-12-10-19-8-6-17-4-2-15-1/h15-17H,1-14H2. The average molecular weight is 305 g/mol. The fourth-order valence-electron chi connectivity index (χ4n) is 1.78. The van der Waals surface area contributed by atoms with Gasteiger partial charge in [-0.25, -0.2) is 0 Å². The summed E-state index contributed by atoms with van der Waals surface area (Å²) >= 11 is 0. The summed E-state index contributed by atoms with van der Waals surface area (Å²) in [5, 5.41) is 10.0. The largest absolute Gasteiger partial charge is 0.378 e. The van der Waals surface area contributed by atoms with E-state index in [-0.39, 0.29) is 0 Å². The molecule has 0 amide bonds. The third kappa shape index (κ3) is 14.4. The molecule has 0 unspecified atom stereocenters. The van der Waals surface area contributed by atoms with Crippen molar-refractivity contribution in [3.05, 3.63) is 0 Å². The monoisotopic (exact) mass is 305 g/mol. The first kappa shape index (κ1) is 18.8. The molecule has 0 aliphatic carbocycles. The van der Waals surface area contributed by atoms with Gasteiger partial charge in [0.15, 0.2) is 0 Å². The molecule has 126 valence electrons. The Hall–Kier alpha value is -0.280. The molecule has 7 nitrogen and oxygen atoms in total. The second-order valence-electron chi connectivity index (χ2n) is 4.70. The maximum atomic E-state index is 5.45. The summed E-state index contributed by atoms with van der Waals surface area (Å²) in [6.07, 6.45) is 0. The van der Waals surface area contributed by atoms with Gasteiger partial charge in [0.25, 0.3) is 0 Å². The second kappa shape index (κ2) is 16.1. The maximum absolute atomic E-state index is 5.45. The third-order valence-electron chi connectivity index (χ3n) is 2.92. The molecule has 1 aliphatic rings. The van der Waals surface area contributed by atoms with Crippen LogP contribution in [-0.2, 0) is 18.9 Å². The molecule has 3 N–H and O–H groups in total. The van der Waals surface area contributed by atoms with Gasteiger partial charge in [0.2, 0.25) is 0 Å². The molecule has 0 atom stereocenters. The van der Waals surface area contributed by atoms with E-state index in [1.165, 1.54) is 0 Å². The summed E-state index contributed by atoms with van der Waals surface area (Å²) in [4.78, 5) is 0. The molecule has 0 bridgehead atoms. The number of nitrogens with one attached hydrogen (secondary N) is 3. The molecule has 0 aromatic carbocycles. The van der Waals surface area contributed by atoms with Gasteiger partial charge < -0.3 is 34.9 Å². The van der Waals surface area contributed by atoms with Gasteiger partial charge in [-0.2, -0.15) is 0 Å². The van der Waals surface area contributed by atoms with Gasteiger partial charge in [0.05, 0.1) is 52.9 Å². The zero-order valence-electron chi connectivity index (χ0n) is 13.0. The van der Waals surface area contributed by atoms with Crippen LogP contribution in [0.3, 0.4) is 0 Å². The first-order valence-electron chi connectivity index (χ1n) is 7.93. The SMILES string of the molecule is C1CNCCOCCOCCOCCOCCNCCN1. The predicted octanol–water partition coefficient (Wildman–Crippen LogP) is -1.16. The molecule has 0 radical (unpaired) electrons. The number of hydrogen-bond acceptors (Lipinski definition) is 7. The zero-order chi connectivity index (χ0) is 14.8. The van der Waals surface area contributed by atoms with E-state index in [0.717, 1.165) is 52.5 Å². The van der Waals surface area contributed by atoms with E-state index in [4.69, 9.17) is 18.9 Å². The fourth-order valence-corrected chi connectivity index (χ4v) is 1.78. The van der Waals surface area contributed by atoms with Gasteiger partial charge in [-0.1, -0.05) is 0 Å². The van der Waals surface area contributed by atoms with Crippen molar-refractivity contribution < 1.29 is 18.9 Å². The van der Waals surface area contributed by atoms with Crippen LogP contribution in [0.1, 0.15) is 0 Å². The molecule has 1 rings (SSSR count). The Labute approximate surface area is 128 Å². The van der Waals surface area contributed by atoms with Gasteiger partial charge in [-0.15, -0.1) is 0 Å². The minimum atomic E-state index is 0.606. The van der Waals surface area contributed by atoms with Crippen LogP contribution in [0.15, 0.2) is 0 Å². The highest BCUT2D eigenvalue weighted by Gasteiger charge is 1.94. The molecule has 1 fully saturated rings. The van der Waals surface area contributed by atoms with Gasteiger partial charge >= 0.3 is 0 Å². The van der Waals surface area contributed by atoms with Crippen molar-refractivity contribution in [3.63, 3.8) is 0 Å². The molecular formula is C14H31N3O4. The second-order valence-corrected chi connectivity index (χ2v) is 4.70. The van der Waals surface area contributed by atoms with Crippen LogP contribution < -0.4 is 16.0 Å². The Balaban J connectivity index is 2.00. The minimum absolute atomic E-state index is 0.606. The van der Waals surface area contributed by atoms with E-state index in [1.807, 2.05) is 0 Å². The Morgan fingerprint density at radius 2 is 0.619 bits per heavy atom. The van der Waals surface area contributed by atoms with Crippen molar-refractivity contribution in [1.82, 2.24) is 16.0 Å². The molecule has 0 saturated carbocycles. The summed E-state index contributed by atoms with van der Waals surface area (Å²) < 4.78 is 21.7. The number of ether oxygens (including phenoxy) is 4. The lowest BCUT2D eigenvalue weighted by Gasteiger charge is -2.08. The first-order chi connectivity index (χ1) is 10.5.